The Labute approximate surface area is 173 Å². The number of rotatable bonds is 2. The molecule has 2 aromatic carbocycles. The van der Waals surface area contributed by atoms with Crippen molar-refractivity contribution in [1.82, 2.24) is 0 Å². The maximum atomic E-state index is 10.7. The molecule has 2 rings (SSSR count). The smallest absolute Gasteiger partial charge is 2.00 e. The molecule has 0 heterocycles. The molecule has 0 aromatic heterocycles. The van der Waals surface area contributed by atoms with E-state index in [2.05, 4.69) is 32.0 Å². The molecule has 0 saturated heterocycles. The summed E-state index contributed by atoms with van der Waals surface area (Å²) in [6.07, 6.45) is 0. The maximum Gasteiger partial charge on any atom is 2.00 e. The van der Waals surface area contributed by atoms with Gasteiger partial charge in [0.15, 0.2) is 0 Å². The summed E-state index contributed by atoms with van der Waals surface area (Å²) >= 11 is 4.87. The van der Waals surface area contributed by atoms with E-state index in [0.717, 1.165) is 11.1 Å². The fraction of sp³-hybridized carbons (Fsp3) is 0.222. The van der Waals surface area contributed by atoms with Crippen LogP contribution in [0.3, 0.4) is 0 Å². The zero-order valence-corrected chi connectivity index (χ0v) is 18.0. The first kappa shape index (κ1) is 27.5. The van der Waals surface area contributed by atoms with Gasteiger partial charge in [0.05, 0.1) is 0 Å². The van der Waals surface area contributed by atoms with Crippen molar-refractivity contribution in [3.63, 3.8) is 0 Å². The van der Waals surface area contributed by atoms with Crippen LogP contribution in [-0.2, 0) is 0 Å². The molecule has 2 radical (unpaired) electrons. The predicted octanol–water partition coefficient (Wildman–Crippen LogP) is 3.50. The van der Waals surface area contributed by atoms with Crippen LogP contribution in [-0.4, -0.2) is 65.3 Å². The van der Waals surface area contributed by atoms with Gasteiger partial charge in [-0.1, -0.05) is 14.9 Å². The van der Waals surface area contributed by atoms with E-state index in [0.29, 0.717) is 0 Å². The Balaban J connectivity index is -0.000000308. The Bertz CT molecular complexity index is 538. The Hall–Kier alpha value is -0.382. The first-order chi connectivity index (χ1) is 9.40. The van der Waals surface area contributed by atoms with Crippen LogP contribution in [0.5, 0.6) is 0 Å². The van der Waals surface area contributed by atoms with Crippen LogP contribution in [0.15, 0.2) is 48.5 Å². The van der Waals surface area contributed by atoms with E-state index in [-0.39, 0.29) is 48.1 Å². The van der Waals surface area contributed by atoms with Gasteiger partial charge < -0.3 is 0 Å². The average Bonchev–Trinajstić information content (AvgIpc) is 2.40. The second kappa shape index (κ2) is 14.0. The Morgan fingerprint density at radius 3 is 1.04 bits per heavy atom. The van der Waals surface area contributed by atoms with Crippen molar-refractivity contribution in [2.45, 2.75) is 28.7 Å². The van der Waals surface area contributed by atoms with E-state index in [9.17, 15) is 9.59 Å². The number of hydrogen-bond donors (Lipinski definition) is 0. The minimum Gasteiger partial charge on any atom is 2.00 e. The molecule has 0 atom stereocenters. The molecule has 0 amide bonds. The molecule has 0 fully saturated rings. The first-order valence-corrected chi connectivity index (χ1v) is 7.67. The zero-order valence-electron chi connectivity index (χ0n) is 11.8. The third kappa shape index (κ3) is 10.9. The van der Waals surface area contributed by atoms with Gasteiger partial charge in [0.25, 0.3) is 0 Å². The second-order valence-electron chi connectivity index (χ2n) is 4.31. The van der Waals surface area contributed by atoms with Gasteiger partial charge in [-0.2, -0.15) is 0 Å². The van der Waals surface area contributed by atoms with Crippen LogP contribution in [0.4, 0.5) is 0 Å². The minimum atomic E-state index is 0. The van der Waals surface area contributed by atoms with E-state index in [4.69, 9.17) is 0 Å². The van der Waals surface area contributed by atoms with Crippen molar-refractivity contribution < 1.29 is 9.59 Å². The third-order valence-electron chi connectivity index (χ3n) is 2.57. The van der Waals surface area contributed by atoms with Crippen molar-refractivity contribution in [1.29, 1.82) is 0 Å². The van der Waals surface area contributed by atoms with Gasteiger partial charge in [-0.15, -0.1) is 0 Å². The molecule has 122 valence electrons. The summed E-state index contributed by atoms with van der Waals surface area (Å²) in [6, 6.07) is 14.9. The number of hydrogen-bond acceptors (Lipinski definition) is 2. The largest absolute Gasteiger partial charge is 2.00 e. The molecule has 0 bridgehead atoms. The summed E-state index contributed by atoms with van der Waals surface area (Å²) in [7, 11) is 0. The second-order valence-corrected chi connectivity index (χ2v) is 5.86. The van der Waals surface area contributed by atoms with Crippen molar-refractivity contribution in [2.75, 3.05) is 0 Å². The van der Waals surface area contributed by atoms with Crippen LogP contribution < -0.4 is 0 Å². The zero-order chi connectivity index (χ0) is 15.1. The molecule has 2 aromatic rings. The first-order valence-electron chi connectivity index (χ1n) is 5.96. The van der Waals surface area contributed by atoms with E-state index < -0.39 is 0 Å². The summed E-state index contributed by atoms with van der Waals surface area (Å²) < 4.78 is 0.000000000000000888. The number of aryl methyl sites for hydroxylation is 2. The molecule has 23 heavy (non-hydrogen) atoms. The summed E-state index contributed by atoms with van der Waals surface area (Å²) in [5.41, 5.74) is 3.80. The van der Waals surface area contributed by atoms with E-state index in [1.807, 2.05) is 62.4 Å². The molecule has 0 aliphatic heterocycles. The average molecular weight is 547 g/mol. The van der Waals surface area contributed by atoms with Crippen LogP contribution in [0.1, 0.15) is 46.7 Å². The van der Waals surface area contributed by atoms with E-state index in [1.165, 1.54) is 11.1 Å². The van der Waals surface area contributed by atoms with Crippen LogP contribution >= 0.6 is 0 Å². The number of benzene rings is 2. The summed E-state index contributed by atoms with van der Waals surface area (Å²) in [4.78, 5) is 21.4. The summed E-state index contributed by atoms with van der Waals surface area (Å²) in [5.74, 6) is 0. The van der Waals surface area contributed by atoms with Crippen molar-refractivity contribution >= 4 is 65.3 Å². The van der Waals surface area contributed by atoms with Gasteiger partial charge in [-0.3, -0.25) is 0 Å². The van der Waals surface area contributed by atoms with Gasteiger partial charge in [0.1, 0.15) is 0 Å². The SMILES string of the molecule is C.C.Cc1ccc(C(=O)[Se-])cc1.Cc1ccc(C(=O)[Se-])cc1.[Sn+2]. The predicted molar refractivity (Wildman–Crippen MR) is 102 cm³/mol. The topological polar surface area (TPSA) is 34.1 Å². The molecule has 0 spiro atoms. The van der Waals surface area contributed by atoms with Gasteiger partial charge in [-0.05, 0) is 0 Å². The Morgan fingerprint density at radius 2 is 0.870 bits per heavy atom. The minimum absolute atomic E-state index is 0. The van der Waals surface area contributed by atoms with Crippen LogP contribution in [0.2, 0.25) is 0 Å². The van der Waals surface area contributed by atoms with E-state index in [1.54, 1.807) is 0 Å². The molecule has 0 saturated carbocycles. The Kier molecular flexibility index (Phi) is 16.7. The third-order valence-corrected chi connectivity index (χ3v) is 3.56. The fourth-order valence-corrected chi connectivity index (χ4v) is 1.95. The standard InChI is InChI=1S/2C8H8OSe.2CH4.Sn/c2*1-6-2-4-7(5-3-6)8(9)10;;;/h2*2-5H,1H3,(H,9,10);2*1H4;/q;;;;+2/p-2. The molecule has 5 heteroatoms. The number of carbonyl (C=O) groups excluding carboxylic acids is 2. The fourth-order valence-electron chi connectivity index (χ4n) is 1.38. The van der Waals surface area contributed by atoms with Crippen LogP contribution in [0.25, 0.3) is 0 Å². The quantitative estimate of drug-likeness (QED) is 0.541. The van der Waals surface area contributed by atoms with Crippen molar-refractivity contribution in [3.05, 3.63) is 70.8 Å². The molecule has 0 aliphatic rings. The molecular formula is C18H22O2Se2Sn. The molecule has 0 N–H and O–H groups in total. The molecule has 0 unspecified atom stereocenters. The molecular weight excluding hydrogens is 525 g/mol. The van der Waals surface area contributed by atoms with Gasteiger partial charge in [0.2, 0.25) is 0 Å². The normalized spacial score (nSPS) is 8.09. The molecule has 2 nitrogen and oxygen atoms in total. The Morgan fingerprint density at radius 1 is 0.652 bits per heavy atom. The summed E-state index contributed by atoms with van der Waals surface area (Å²) in [5, 5.41) is 0. The number of carbonyl (C=O) groups is 2. The van der Waals surface area contributed by atoms with Gasteiger partial charge in [-0.25, -0.2) is 0 Å². The van der Waals surface area contributed by atoms with Crippen molar-refractivity contribution in [3.8, 4) is 0 Å². The summed E-state index contributed by atoms with van der Waals surface area (Å²) in [6.45, 7) is 3.99. The maximum absolute atomic E-state index is 10.7. The van der Waals surface area contributed by atoms with Crippen LogP contribution in [0, 0.1) is 13.8 Å². The monoisotopic (exact) mass is 550 g/mol. The van der Waals surface area contributed by atoms with Gasteiger partial charge in [0, 0.05) is 0 Å². The van der Waals surface area contributed by atoms with E-state index >= 15 is 0 Å². The van der Waals surface area contributed by atoms with Crippen molar-refractivity contribution in [2.24, 2.45) is 0 Å². The van der Waals surface area contributed by atoms with Gasteiger partial charge >= 0.3 is 160 Å². The molecule has 0 aliphatic carbocycles.